The van der Waals surface area contributed by atoms with Crippen molar-refractivity contribution in [1.82, 2.24) is 5.32 Å². The number of carbonyl (C=O) groups excluding carboxylic acids is 1. The Morgan fingerprint density at radius 3 is 2.70 bits per heavy atom. The molecule has 1 unspecified atom stereocenters. The summed E-state index contributed by atoms with van der Waals surface area (Å²) in [7, 11) is 0. The second kappa shape index (κ2) is 6.46. The smallest absolute Gasteiger partial charge is 0.261 e. The molecule has 0 saturated heterocycles. The lowest BCUT2D eigenvalue weighted by Gasteiger charge is -2.24. The van der Waals surface area contributed by atoms with Crippen LogP contribution in [0.2, 0.25) is 0 Å². The maximum Gasteiger partial charge on any atom is 0.261 e. The minimum atomic E-state index is -0.568. The number of hydrogen-bond donors (Lipinski definition) is 2. The first-order valence-corrected chi connectivity index (χ1v) is 6.71. The lowest BCUT2D eigenvalue weighted by atomic mass is 10.1. The van der Waals surface area contributed by atoms with Gasteiger partial charge in [-0.05, 0) is 57.9 Å². The van der Waals surface area contributed by atoms with E-state index in [1.54, 1.807) is 25.1 Å². The van der Waals surface area contributed by atoms with E-state index in [1.807, 2.05) is 26.8 Å². The molecule has 0 aliphatic carbocycles. The molecule has 1 rings (SSSR count). The number of amides is 1. The number of hydrogen-bond acceptors (Lipinski definition) is 3. The molecule has 1 aromatic carbocycles. The molecule has 4 heteroatoms. The van der Waals surface area contributed by atoms with Gasteiger partial charge in [0.1, 0.15) is 5.75 Å². The van der Waals surface area contributed by atoms with E-state index in [9.17, 15) is 4.79 Å². The predicted molar refractivity (Wildman–Crippen MR) is 82.7 cm³/mol. The highest BCUT2D eigenvalue weighted by molar-refractivity contribution is 5.81. The van der Waals surface area contributed by atoms with Crippen molar-refractivity contribution in [2.45, 2.75) is 45.8 Å². The highest BCUT2D eigenvalue weighted by atomic mass is 16.5. The first-order chi connectivity index (χ1) is 9.23. The maximum absolute atomic E-state index is 12.0. The summed E-state index contributed by atoms with van der Waals surface area (Å²) in [5.41, 5.74) is 7.08. The fourth-order valence-electron chi connectivity index (χ4n) is 1.74. The van der Waals surface area contributed by atoms with Gasteiger partial charge in [-0.15, -0.1) is 6.58 Å². The van der Waals surface area contributed by atoms with E-state index >= 15 is 0 Å². The van der Waals surface area contributed by atoms with Crippen molar-refractivity contribution in [2.24, 2.45) is 0 Å². The van der Waals surface area contributed by atoms with Crippen molar-refractivity contribution in [2.75, 3.05) is 5.73 Å². The van der Waals surface area contributed by atoms with Crippen LogP contribution in [0.25, 0.3) is 0 Å². The molecule has 3 N–H and O–H groups in total. The fraction of sp³-hybridized carbons (Fsp3) is 0.438. The number of benzene rings is 1. The van der Waals surface area contributed by atoms with Crippen LogP contribution in [0.5, 0.6) is 5.75 Å². The molecule has 0 saturated carbocycles. The molecule has 1 aromatic rings. The molecule has 0 fully saturated rings. The number of rotatable bonds is 5. The summed E-state index contributed by atoms with van der Waals surface area (Å²) in [6.45, 7) is 11.2. The van der Waals surface area contributed by atoms with Crippen molar-refractivity contribution in [3.63, 3.8) is 0 Å². The standard InChI is InChI=1S/C16H24N2O2/c1-6-7-12-10-13(17)8-9-14(12)20-11(2)15(19)18-16(3,4)5/h6,8-11H,1,7,17H2,2-5H3,(H,18,19). The largest absolute Gasteiger partial charge is 0.481 e. The summed E-state index contributed by atoms with van der Waals surface area (Å²) in [5, 5.41) is 2.89. The highest BCUT2D eigenvalue weighted by Crippen LogP contribution is 2.23. The van der Waals surface area contributed by atoms with Crippen LogP contribution in [0.1, 0.15) is 33.3 Å². The van der Waals surface area contributed by atoms with Gasteiger partial charge >= 0.3 is 0 Å². The van der Waals surface area contributed by atoms with Crippen LogP contribution in [-0.2, 0) is 11.2 Å². The van der Waals surface area contributed by atoms with E-state index in [0.29, 0.717) is 17.9 Å². The molecule has 4 nitrogen and oxygen atoms in total. The molecule has 110 valence electrons. The second-order valence-electron chi connectivity index (χ2n) is 5.86. The van der Waals surface area contributed by atoms with Crippen LogP contribution in [0, 0.1) is 0 Å². The molecule has 0 bridgehead atoms. The Morgan fingerprint density at radius 2 is 2.15 bits per heavy atom. The Labute approximate surface area is 121 Å². The van der Waals surface area contributed by atoms with Crippen molar-refractivity contribution in [3.05, 3.63) is 36.4 Å². The number of nitrogen functional groups attached to an aromatic ring is 1. The molecule has 0 radical (unpaired) electrons. The molecule has 0 heterocycles. The Hall–Kier alpha value is -1.97. The van der Waals surface area contributed by atoms with Gasteiger partial charge in [-0.3, -0.25) is 4.79 Å². The Balaban J connectivity index is 2.82. The summed E-state index contributed by atoms with van der Waals surface area (Å²) in [6, 6.07) is 5.39. The normalized spacial score (nSPS) is 12.6. The van der Waals surface area contributed by atoms with E-state index in [4.69, 9.17) is 10.5 Å². The summed E-state index contributed by atoms with van der Waals surface area (Å²) < 4.78 is 5.75. The molecule has 0 aliphatic rings. The molecular formula is C16H24N2O2. The number of anilines is 1. The van der Waals surface area contributed by atoms with Gasteiger partial charge in [-0.1, -0.05) is 6.08 Å². The zero-order valence-electron chi connectivity index (χ0n) is 12.7. The maximum atomic E-state index is 12.0. The van der Waals surface area contributed by atoms with Gasteiger partial charge in [-0.2, -0.15) is 0 Å². The molecule has 0 aliphatic heterocycles. The monoisotopic (exact) mass is 276 g/mol. The minimum absolute atomic E-state index is 0.140. The zero-order valence-corrected chi connectivity index (χ0v) is 12.7. The lowest BCUT2D eigenvalue weighted by Crippen LogP contribution is -2.46. The van der Waals surface area contributed by atoms with E-state index in [-0.39, 0.29) is 11.4 Å². The first kappa shape index (κ1) is 16.1. The number of ether oxygens (including phenoxy) is 1. The Bertz CT molecular complexity index is 490. The van der Waals surface area contributed by atoms with Crippen LogP contribution in [0.4, 0.5) is 5.69 Å². The Morgan fingerprint density at radius 1 is 1.50 bits per heavy atom. The number of carbonyl (C=O) groups is 1. The van der Waals surface area contributed by atoms with Gasteiger partial charge in [0, 0.05) is 11.2 Å². The summed E-state index contributed by atoms with van der Waals surface area (Å²) in [4.78, 5) is 12.0. The molecule has 1 atom stereocenters. The molecule has 0 spiro atoms. The number of allylic oxidation sites excluding steroid dienone is 1. The van der Waals surface area contributed by atoms with E-state index in [2.05, 4.69) is 11.9 Å². The van der Waals surface area contributed by atoms with Gasteiger partial charge < -0.3 is 15.8 Å². The van der Waals surface area contributed by atoms with Gasteiger partial charge in [0.2, 0.25) is 0 Å². The van der Waals surface area contributed by atoms with Gasteiger partial charge in [0.25, 0.3) is 5.91 Å². The first-order valence-electron chi connectivity index (χ1n) is 6.71. The summed E-state index contributed by atoms with van der Waals surface area (Å²) in [6.07, 6.45) is 1.86. The second-order valence-corrected chi connectivity index (χ2v) is 5.86. The van der Waals surface area contributed by atoms with Crippen molar-refractivity contribution < 1.29 is 9.53 Å². The quantitative estimate of drug-likeness (QED) is 0.642. The van der Waals surface area contributed by atoms with Crippen LogP contribution in [0.15, 0.2) is 30.9 Å². The van der Waals surface area contributed by atoms with E-state index in [0.717, 1.165) is 5.56 Å². The SMILES string of the molecule is C=CCc1cc(N)ccc1OC(C)C(=O)NC(C)(C)C. The number of nitrogens with two attached hydrogens (primary N) is 1. The molecule has 1 amide bonds. The van der Waals surface area contributed by atoms with Crippen LogP contribution < -0.4 is 15.8 Å². The highest BCUT2D eigenvalue weighted by Gasteiger charge is 2.21. The van der Waals surface area contributed by atoms with Gasteiger partial charge in [0.15, 0.2) is 6.10 Å². The number of nitrogens with one attached hydrogen (secondary N) is 1. The predicted octanol–water partition coefficient (Wildman–Crippen LogP) is 2.68. The van der Waals surface area contributed by atoms with Gasteiger partial charge in [0.05, 0.1) is 0 Å². The average Bonchev–Trinajstić information content (AvgIpc) is 2.30. The lowest BCUT2D eigenvalue weighted by molar-refractivity contribution is -0.128. The van der Waals surface area contributed by atoms with E-state index < -0.39 is 6.10 Å². The van der Waals surface area contributed by atoms with Crippen molar-refractivity contribution in [3.8, 4) is 5.75 Å². The molecular weight excluding hydrogens is 252 g/mol. The molecule has 0 aromatic heterocycles. The van der Waals surface area contributed by atoms with Gasteiger partial charge in [-0.25, -0.2) is 0 Å². The third kappa shape index (κ3) is 4.96. The average molecular weight is 276 g/mol. The molecule has 20 heavy (non-hydrogen) atoms. The zero-order chi connectivity index (χ0) is 15.3. The third-order valence-corrected chi connectivity index (χ3v) is 2.62. The Kier molecular flexibility index (Phi) is 5.19. The van der Waals surface area contributed by atoms with E-state index in [1.165, 1.54) is 0 Å². The van der Waals surface area contributed by atoms with Crippen molar-refractivity contribution in [1.29, 1.82) is 0 Å². The van der Waals surface area contributed by atoms with Crippen LogP contribution >= 0.6 is 0 Å². The van der Waals surface area contributed by atoms with Crippen LogP contribution in [0.3, 0.4) is 0 Å². The summed E-state index contributed by atoms with van der Waals surface area (Å²) >= 11 is 0. The topological polar surface area (TPSA) is 64.3 Å². The summed E-state index contributed by atoms with van der Waals surface area (Å²) in [5.74, 6) is 0.523. The fourth-order valence-corrected chi connectivity index (χ4v) is 1.74. The minimum Gasteiger partial charge on any atom is -0.481 e. The van der Waals surface area contributed by atoms with Crippen molar-refractivity contribution >= 4 is 11.6 Å². The van der Waals surface area contributed by atoms with Crippen LogP contribution in [-0.4, -0.2) is 17.6 Å². The third-order valence-electron chi connectivity index (χ3n) is 2.62.